The maximum Gasteiger partial charge on any atom is 0.289 e. The SMILES string of the molecule is COCCNC(=O)c1cn[nH]c1C1CCCN(C(=O)c2cc3cc(F)ccc3o2)C1. The van der Waals surface area contributed by atoms with Crippen LogP contribution in [0.3, 0.4) is 0 Å². The van der Waals surface area contributed by atoms with E-state index in [0.717, 1.165) is 12.8 Å². The minimum absolute atomic E-state index is 0.0461. The molecule has 3 heterocycles. The van der Waals surface area contributed by atoms with Gasteiger partial charge in [-0.1, -0.05) is 0 Å². The van der Waals surface area contributed by atoms with E-state index in [-0.39, 0.29) is 29.3 Å². The second-order valence-electron chi connectivity index (χ2n) is 7.33. The van der Waals surface area contributed by atoms with Gasteiger partial charge in [0, 0.05) is 38.0 Å². The van der Waals surface area contributed by atoms with Crippen molar-refractivity contribution in [2.24, 2.45) is 0 Å². The number of nitrogens with one attached hydrogen (secondary N) is 2. The van der Waals surface area contributed by atoms with Gasteiger partial charge in [0.15, 0.2) is 5.76 Å². The minimum atomic E-state index is -0.379. The average molecular weight is 414 g/mol. The maximum atomic E-state index is 13.4. The summed E-state index contributed by atoms with van der Waals surface area (Å²) in [7, 11) is 1.57. The van der Waals surface area contributed by atoms with Crippen molar-refractivity contribution in [2.45, 2.75) is 18.8 Å². The first-order valence-electron chi connectivity index (χ1n) is 9.85. The highest BCUT2D eigenvalue weighted by molar-refractivity contribution is 5.97. The van der Waals surface area contributed by atoms with E-state index in [0.29, 0.717) is 48.5 Å². The third-order valence-corrected chi connectivity index (χ3v) is 5.31. The summed E-state index contributed by atoms with van der Waals surface area (Å²) in [6.45, 7) is 1.85. The van der Waals surface area contributed by atoms with Gasteiger partial charge in [0.1, 0.15) is 11.4 Å². The van der Waals surface area contributed by atoms with E-state index in [4.69, 9.17) is 9.15 Å². The predicted molar refractivity (Wildman–Crippen MR) is 107 cm³/mol. The lowest BCUT2D eigenvalue weighted by Crippen LogP contribution is -2.39. The summed E-state index contributed by atoms with van der Waals surface area (Å²) in [5, 5.41) is 10.3. The number of hydrogen-bond donors (Lipinski definition) is 2. The van der Waals surface area contributed by atoms with Gasteiger partial charge in [0.25, 0.3) is 11.8 Å². The summed E-state index contributed by atoms with van der Waals surface area (Å²) < 4.78 is 24.0. The number of fused-ring (bicyclic) bond motifs is 1. The Kier molecular flexibility index (Phi) is 5.80. The first-order chi connectivity index (χ1) is 14.6. The number of carbonyl (C=O) groups excluding carboxylic acids is 2. The number of piperidine rings is 1. The Bertz CT molecular complexity index is 1060. The van der Waals surface area contributed by atoms with Crippen molar-refractivity contribution in [3.63, 3.8) is 0 Å². The largest absolute Gasteiger partial charge is 0.451 e. The van der Waals surface area contributed by atoms with Crippen molar-refractivity contribution >= 4 is 22.8 Å². The number of rotatable bonds is 6. The summed E-state index contributed by atoms with van der Waals surface area (Å²) in [5.41, 5.74) is 1.66. The van der Waals surface area contributed by atoms with Crippen molar-refractivity contribution in [3.05, 3.63) is 53.3 Å². The number of halogens is 1. The van der Waals surface area contributed by atoms with E-state index in [9.17, 15) is 14.0 Å². The fraction of sp³-hybridized carbons (Fsp3) is 0.381. The monoisotopic (exact) mass is 414 g/mol. The second-order valence-corrected chi connectivity index (χ2v) is 7.33. The molecule has 158 valence electrons. The quantitative estimate of drug-likeness (QED) is 0.604. The van der Waals surface area contributed by atoms with Crippen LogP contribution in [0, 0.1) is 5.82 Å². The van der Waals surface area contributed by atoms with Crippen molar-refractivity contribution in [1.82, 2.24) is 20.4 Å². The lowest BCUT2D eigenvalue weighted by atomic mass is 9.92. The molecular weight excluding hydrogens is 391 g/mol. The molecule has 2 N–H and O–H groups in total. The number of carbonyl (C=O) groups is 2. The van der Waals surface area contributed by atoms with E-state index in [1.54, 1.807) is 18.1 Å². The molecule has 1 aromatic carbocycles. The molecule has 0 saturated carbocycles. The smallest absolute Gasteiger partial charge is 0.289 e. The third kappa shape index (κ3) is 4.06. The Hall–Kier alpha value is -3.20. The summed E-state index contributed by atoms with van der Waals surface area (Å²) in [4.78, 5) is 27.1. The zero-order valence-electron chi connectivity index (χ0n) is 16.6. The number of aromatic amines is 1. The van der Waals surface area contributed by atoms with E-state index in [1.165, 1.54) is 24.4 Å². The Labute approximate surface area is 172 Å². The molecule has 1 aliphatic heterocycles. The van der Waals surface area contributed by atoms with Crippen LogP contribution in [0.25, 0.3) is 11.0 Å². The standard InChI is InChI=1S/C21H23FN4O4/c1-29-8-6-23-20(27)16-11-24-25-19(16)13-3-2-7-26(12-13)21(28)18-10-14-9-15(22)4-5-17(14)30-18/h4-5,9-11,13H,2-3,6-8,12H2,1H3,(H,23,27)(H,24,25). The highest BCUT2D eigenvalue weighted by atomic mass is 19.1. The third-order valence-electron chi connectivity index (χ3n) is 5.31. The van der Waals surface area contributed by atoms with Gasteiger partial charge in [-0.25, -0.2) is 4.39 Å². The highest BCUT2D eigenvalue weighted by Crippen LogP contribution is 2.29. The van der Waals surface area contributed by atoms with Crippen LogP contribution in [0.1, 0.15) is 45.4 Å². The number of H-pyrrole nitrogens is 1. The summed E-state index contributed by atoms with van der Waals surface area (Å²) >= 11 is 0. The fourth-order valence-corrected chi connectivity index (χ4v) is 3.82. The van der Waals surface area contributed by atoms with Crippen molar-refractivity contribution in [1.29, 1.82) is 0 Å². The lowest BCUT2D eigenvalue weighted by Gasteiger charge is -2.32. The molecule has 9 heteroatoms. The molecule has 2 aromatic heterocycles. The minimum Gasteiger partial charge on any atom is -0.451 e. The number of ether oxygens (including phenoxy) is 1. The number of amides is 2. The van der Waals surface area contributed by atoms with Gasteiger partial charge in [-0.15, -0.1) is 0 Å². The summed E-state index contributed by atoms with van der Waals surface area (Å²) in [6, 6.07) is 5.72. The molecule has 1 aliphatic rings. The summed E-state index contributed by atoms with van der Waals surface area (Å²) in [6.07, 6.45) is 3.12. The van der Waals surface area contributed by atoms with Crippen molar-refractivity contribution < 1.29 is 23.1 Å². The molecular formula is C21H23FN4O4. The molecule has 8 nitrogen and oxygen atoms in total. The van der Waals surface area contributed by atoms with E-state index < -0.39 is 0 Å². The molecule has 0 bridgehead atoms. The van der Waals surface area contributed by atoms with Crippen LogP contribution >= 0.6 is 0 Å². The molecule has 1 fully saturated rings. The van der Waals surface area contributed by atoms with Crippen molar-refractivity contribution in [2.75, 3.05) is 33.4 Å². The van der Waals surface area contributed by atoms with Crippen LogP contribution in [0.5, 0.6) is 0 Å². The number of methoxy groups -OCH3 is 1. The predicted octanol–water partition coefficient (Wildman–Crippen LogP) is 2.69. The maximum absolute atomic E-state index is 13.4. The Balaban J connectivity index is 1.49. The Morgan fingerprint density at radius 1 is 1.40 bits per heavy atom. The van der Waals surface area contributed by atoms with Crippen LogP contribution in [-0.4, -0.2) is 60.3 Å². The molecule has 0 aliphatic carbocycles. The zero-order chi connectivity index (χ0) is 21.1. The normalized spacial score (nSPS) is 16.7. The van der Waals surface area contributed by atoms with Crippen LogP contribution in [-0.2, 0) is 4.74 Å². The number of benzene rings is 1. The van der Waals surface area contributed by atoms with Crippen LogP contribution in [0.4, 0.5) is 4.39 Å². The van der Waals surface area contributed by atoms with Gasteiger partial charge in [-0.05, 0) is 37.1 Å². The topological polar surface area (TPSA) is 100 Å². The molecule has 0 spiro atoms. The van der Waals surface area contributed by atoms with E-state index in [2.05, 4.69) is 15.5 Å². The van der Waals surface area contributed by atoms with Crippen LogP contribution in [0.2, 0.25) is 0 Å². The fourth-order valence-electron chi connectivity index (χ4n) is 3.82. The molecule has 1 saturated heterocycles. The Morgan fingerprint density at radius 2 is 2.27 bits per heavy atom. The number of likely N-dealkylation sites (tertiary alicyclic amines) is 1. The first-order valence-corrected chi connectivity index (χ1v) is 9.85. The van der Waals surface area contributed by atoms with E-state index >= 15 is 0 Å². The van der Waals surface area contributed by atoms with Crippen LogP contribution in [0.15, 0.2) is 34.9 Å². The number of furan rings is 1. The first kappa shape index (κ1) is 20.1. The number of nitrogens with zero attached hydrogens (tertiary/aromatic N) is 2. The van der Waals surface area contributed by atoms with Gasteiger partial charge in [-0.3, -0.25) is 14.7 Å². The van der Waals surface area contributed by atoms with Gasteiger partial charge in [-0.2, -0.15) is 5.10 Å². The lowest BCUT2D eigenvalue weighted by molar-refractivity contribution is 0.0676. The molecule has 2 amide bonds. The summed E-state index contributed by atoms with van der Waals surface area (Å²) in [5.74, 6) is -0.718. The average Bonchev–Trinajstić information content (AvgIpc) is 3.40. The van der Waals surface area contributed by atoms with Gasteiger partial charge >= 0.3 is 0 Å². The molecule has 4 rings (SSSR count). The number of aromatic nitrogens is 2. The molecule has 3 aromatic rings. The highest BCUT2D eigenvalue weighted by Gasteiger charge is 2.30. The molecule has 0 radical (unpaired) electrons. The zero-order valence-corrected chi connectivity index (χ0v) is 16.6. The van der Waals surface area contributed by atoms with Crippen LogP contribution < -0.4 is 5.32 Å². The number of hydrogen-bond acceptors (Lipinski definition) is 5. The van der Waals surface area contributed by atoms with Crippen molar-refractivity contribution in [3.8, 4) is 0 Å². The van der Waals surface area contributed by atoms with Gasteiger partial charge < -0.3 is 19.4 Å². The second kappa shape index (κ2) is 8.66. The molecule has 1 unspecified atom stereocenters. The molecule has 30 heavy (non-hydrogen) atoms. The van der Waals surface area contributed by atoms with E-state index in [1.807, 2.05) is 0 Å². The van der Waals surface area contributed by atoms with Gasteiger partial charge in [0.05, 0.1) is 24.1 Å². The Morgan fingerprint density at radius 3 is 3.10 bits per heavy atom. The molecule has 1 atom stereocenters. The van der Waals surface area contributed by atoms with Gasteiger partial charge in [0.2, 0.25) is 0 Å².